The second kappa shape index (κ2) is 8.59. The fourth-order valence-corrected chi connectivity index (χ4v) is 4.08. The lowest BCUT2D eigenvalue weighted by Gasteiger charge is -2.30. The lowest BCUT2D eigenvalue weighted by atomic mass is 9.99. The smallest absolute Gasteiger partial charge is 0.261 e. The van der Waals surface area contributed by atoms with Gasteiger partial charge in [-0.1, -0.05) is 0 Å². The van der Waals surface area contributed by atoms with Crippen molar-refractivity contribution >= 4 is 30.1 Å². The van der Waals surface area contributed by atoms with Crippen molar-refractivity contribution < 1.29 is 19.1 Å². The monoisotopic (exact) mass is 407 g/mol. The Balaban J connectivity index is 0.00000225. The molecular formula is C20H26ClN3O4. The van der Waals surface area contributed by atoms with Gasteiger partial charge >= 0.3 is 0 Å². The molecule has 3 aliphatic rings. The van der Waals surface area contributed by atoms with Gasteiger partial charge in [-0.15, -0.1) is 12.4 Å². The van der Waals surface area contributed by atoms with Crippen LogP contribution in [-0.4, -0.2) is 60.5 Å². The first-order valence-corrected chi connectivity index (χ1v) is 9.70. The van der Waals surface area contributed by atoms with Crippen molar-refractivity contribution in [2.45, 2.75) is 50.8 Å². The first-order chi connectivity index (χ1) is 13.0. The van der Waals surface area contributed by atoms with Gasteiger partial charge in [0.05, 0.1) is 23.8 Å². The Hall–Kier alpha value is -1.96. The number of carbonyl (C=O) groups is 3. The van der Waals surface area contributed by atoms with E-state index in [0.29, 0.717) is 23.3 Å². The lowest BCUT2D eigenvalue weighted by molar-refractivity contribution is 0.0475. The van der Waals surface area contributed by atoms with E-state index in [0.717, 1.165) is 32.2 Å². The zero-order valence-electron chi connectivity index (χ0n) is 15.9. The third-order valence-corrected chi connectivity index (χ3v) is 5.72. The maximum atomic E-state index is 12.7. The largest absolute Gasteiger partial charge is 0.376 e. The molecule has 4 rings (SSSR count). The molecule has 3 aliphatic heterocycles. The third kappa shape index (κ3) is 3.92. The van der Waals surface area contributed by atoms with Crippen molar-refractivity contribution in [3.8, 4) is 0 Å². The molecule has 152 valence electrons. The zero-order valence-corrected chi connectivity index (χ0v) is 16.7. The molecule has 0 aliphatic carbocycles. The second-order valence-electron chi connectivity index (χ2n) is 7.58. The van der Waals surface area contributed by atoms with Gasteiger partial charge in [-0.25, -0.2) is 0 Å². The number of amides is 3. The van der Waals surface area contributed by atoms with Gasteiger partial charge < -0.3 is 15.4 Å². The molecule has 3 amide bonds. The number of imide groups is 1. The van der Waals surface area contributed by atoms with Crippen LogP contribution >= 0.6 is 12.4 Å². The van der Waals surface area contributed by atoms with Crippen molar-refractivity contribution in [3.05, 3.63) is 34.9 Å². The van der Waals surface area contributed by atoms with Gasteiger partial charge in [0.25, 0.3) is 17.7 Å². The molecule has 3 unspecified atom stereocenters. The highest BCUT2D eigenvalue weighted by Crippen LogP contribution is 2.26. The number of nitrogens with zero attached hydrogens (tertiary/aromatic N) is 1. The van der Waals surface area contributed by atoms with Gasteiger partial charge in [0.15, 0.2) is 0 Å². The van der Waals surface area contributed by atoms with Gasteiger partial charge in [0, 0.05) is 24.3 Å². The van der Waals surface area contributed by atoms with Crippen LogP contribution < -0.4 is 10.6 Å². The Morgan fingerprint density at radius 3 is 2.71 bits per heavy atom. The Morgan fingerprint density at radius 1 is 1.21 bits per heavy atom. The first kappa shape index (κ1) is 20.8. The van der Waals surface area contributed by atoms with E-state index in [9.17, 15) is 14.4 Å². The Morgan fingerprint density at radius 2 is 2.00 bits per heavy atom. The Bertz CT molecular complexity index is 779. The van der Waals surface area contributed by atoms with Crippen molar-refractivity contribution in [1.82, 2.24) is 15.5 Å². The molecule has 2 saturated heterocycles. The summed E-state index contributed by atoms with van der Waals surface area (Å²) in [7, 11) is 0. The number of piperidine rings is 1. The highest BCUT2D eigenvalue weighted by Gasteiger charge is 2.38. The molecule has 28 heavy (non-hydrogen) atoms. The predicted octanol–water partition coefficient (Wildman–Crippen LogP) is 1.75. The van der Waals surface area contributed by atoms with Crippen LogP contribution in [0.5, 0.6) is 0 Å². The summed E-state index contributed by atoms with van der Waals surface area (Å²) in [6.45, 7) is 3.97. The minimum Gasteiger partial charge on any atom is -0.376 e. The minimum atomic E-state index is -0.340. The molecule has 0 bridgehead atoms. The molecule has 3 heterocycles. The fraction of sp³-hybridized carbons (Fsp3) is 0.550. The number of benzene rings is 1. The van der Waals surface area contributed by atoms with Gasteiger partial charge in [-0.2, -0.15) is 0 Å². The normalized spacial score (nSPS) is 26.8. The fourth-order valence-electron chi connectivity index (χ4n) is 4.08. The third-order valence-electron chi connectivity index (χ3n) is 5.72. The van der Waals surface area contributed by atoms with Crippen LogP contribution in [0.4, 0.5) is 0 Å². The maximum Gasteiger partial charge on any atom is 0.261 e. The Kier molecular flexibility index (Phi) is 6.37. The highest BCUT2D eigenvalue weighted by molar-refractivity contribution is 6.22. The number of nitrogens with one attached hydrogen (secondary N) is 2. The van der Waals surface area contributed by atoms with E-state index in [-0.39, 0.29) is 54.9 Å². The van der Waals surface area contributed by atoms with Gasteiger partial charge in [0.1, 0.15) is 0 Å². The number of carbonyl (C=O) groups excluding carboxylic acids is 3. The number of ether oxygens (including phenoxy) is 1. The summed E-state index contributed by atoms with van der Waals surface area (Å²) in [4.78, 5) is 39.2. The zero-order chi connectivity index (χ0) is 19.0. The van der Waals surface area contributed by atoms with Gasteiger partial charge in [-0.05, 0) is 57.4 Å². The summed E-state index contributed by atoms with van der Waals surface area (Å²) >= 11 is 0. The van der Waals surface area contributed by atoms with E-state index in [1.807, 2.05) is 0 Å². The standard InChI is InChI=1S/C20H25N3O4.ClH/c1-12-17(5-2-8-21-12)22-18(24)13-6-7-15-16(10-13)20(26)23(19(15)25)11-14-4-3-9-27-14;/h6-7,10,12,14,17,21H,2-5,8-9,11H2,1H3,(H,22,24);1H. The average molecular weight is 408 g/mol. The molecule has 2 N–H and O–H groups in total. The van der Waals surface area contributed by atoms with Crippen LogP contribution in [0.3, 0.4) is 0 Å². The summed E-state index contributed by atoms with van der Waals surface area (Å²) in [6.07, 6.45) is 3.67. The molecule has 0 spiro atoms. The number of halogens is 1. The molecule has 1 aromatic carbocycles. The summed E-state index contributed by atoms with van der Waals surface area (Å²) in [5.41, 5.74) is 1.08. The van der Waals surface area contributed by atoms with E-state index in [4.69, 9.17) is 4.74 Å². The molecule has 0 radical (unpaired) electrons. The van der Waals surface area contributed by atoms with E-state index >= 15 is 0 Å². The summed E-state index contributed by atoms with van der Waals surface area (Å²) < 4.78 is 5.55. The van der Waals surface area contributed by atoms with Crippen molar-refractivity contribution in [3.63, 3.8) is 0 Å². The number of hydrogen-bond acceptors (Lipinski definition) is 5. The molecular weight excluding hydrogens is 382 g/mol. The first-order valence-electron chi connectivity index (χ1n) is 9.70. The minimum absolute atomic E-state index is 0. The Labute approximate surface area is 170 Å². The number of rotatable bonds is 4. The van der Waals surface area contributed by atoms with Crippen LogP contribution in [0.15, 0.2) is 18.2 Å². The van der Waals surface area contributed by atoms with Crippen LogP contribution in [0.25, 0.3) is 0 Å². The molecule has 2 fully saturated rings. The average Bonchev–Trinajstić information content (AvgIpc) is 3.26. The quantitative estimate of drug-likeness (QED) is 0.742. The van der Waals surface area contributed by atoms with Crippen LogP contribution in [0.2, 0.25) is 0 Å². The SMILES string of the molecule is CC1NCCCC1NC(=O)c1ccc2c(c1)C(=O)N(CC1CCCO1)C2=O.Cl. The topological polar surface area (TPSA) is 87.7 Å². The van der Waals surface area contributed by atoms with Crippen LogP contribution in [-0.2, 0) is 4.74 Å². The van der Waals surface area contributed by atoms with Crippen LogP contribution in [0, 0.1) is 0 Å². The summed E-state index contributed by atoms with van der Waals surface area (Å²) in [5, 5.41) is 6.39. The van der Waals surface area contributed by atoms with E-state index < -0.39 is 0 Å². The molecule has 7 nitrogen and oxygen atoms in total. The van der Waals surface area contributed by atoms with E-state index in [1.54, 1.807) is 18.2 Å². The number of fused-ring (bicyclic) bond motifs is 1. The van der Waals surface area contributed by atoms with Crippen molar-refractivity contribution in [2.75, 3.05) is 19.7 Å². The highest BCUT2D eigenvalue weighted by atomic mass is 35.5. The molecule has 0 saturated carbocycles. The van der Waals surface area contributed by atoms with E-state index in [1.165, 1.54) is 4.90 Å². The molecule has 8 heteroatoms. The lowest BCUT2D eigenvalue weighted by Crippen LogP contribution is -2.51. The number of hydrogen-bond donors (Lipinski definition) is 2. The van der Waals surface area contributed by atoms with Gasteiger partial charge in [0.2, 0.25) is 0 Å². The summed E-state index contributed by atoms with van der Waals surface area (Å²) in [5.74, 6) is -0.855. The summed E-state index contributed by atoms with van der Waals surface area (Å²) in [6, 6.07) is 5.02. The van der Waals surface area contributed by atoms with Crippen LogP contribution in [0.1, 0.15) is 63.7 Å². The van der Waals surface area contributed by atoms with Gasteiger partial charge in [-0.3, -0.25) is 19.3 Å². The molecule has 1 aromatic rings. The van der Waals surface area contributed by atoms with Crippen molar-refractivity contribution in [2.24, 2.45) is 0 Å². The second-order valence-corrected chi connectivity index (χ2v) is 7.58. The van der Waals surface area contributed by atoms with Crippen molar-refractivity contribution in [1.29, 1.82) is 0 Å². The maximum absolute atomic E-state index is 12.7. The van der Waals surface area contributed by atoms with E-state index in [2.05, 4.69) is 17.6 Å². The molecule has 0 aromatic heterocycles. The molecule has 3 atom stereocenters. The predicted molar refractivity (Wildman–Crippen MR) is 106 cm³/mol.